The van der Waals surface area contributed by atoms with Crippen LogP contribution in [-0.2, 0) is 9.53 Å². The number of hydrogen-bond acceptors (Lipinski definition) is 3. The van der Waals surface area contributed by atoms with Crippen molar-refractivity contribution in [1.82, 2.24) is 5.32 Å². The lowest BCUT2D eigenvalue weighted by molar-refractivity contribution is -0.144. The summed E-state index contributed by atoms with van der Waals surface area (Å²) in [6, 6.07) is 7.60. The van der Waals surface area contributed by atoms with Gasteiger partial charge in [0, 0.05) is 10.9 Å². The second-order valence-corrected chi connectivity index (χ2v) is 4.46. The average molecular weight is 240 g/mol. The van der Waals surface area contributed by atoms with E-state index in [0.717, 1.165) is 12.0 Å². The molecule has 2 rings (SSSR count). The molecule has 0 saturated heterocycles. The normalized spacial score (nSPS) is 27.6. The summed E-state index contributed by atoms with van der Waals surface area (Å²) in [6.07, 6.45) is 0.760. The van der Waals surface area contributed by atoms with Gasteiger partial charge >= 0.3 is 5.97 Å². The molecule has 0 aliphatic heterocycles. The van der Waals surface area contributed by atoms with E-state index in [0.29, 0.717) is 5.02 Å². The standard InChI is InChI=1S/C12H14ClNO2/c1-14-12(11(15)16-2)7-10(12)8-4-3-5-9(13)6-8/h3-6,10,14H,7H2,1-2H3. The highest BCUT2D eigenvalue weighted by atomic mass is 35.5. The molecule has 3 nitrogen and oxygen atoms in total. The first kappa shape index (κ1) is 11.4. The number of esters is 1. The van der Waals surface area contributed by atoms with Crippen LogP contribution >= 0.6 is 11.6 Å². The molecule has 0 spiro atoms. The number of carbonyl (C=O) groups excluding carboxylic acids is 1. The summed E-state index contributed by atoms with van der Waals surface area (Å²) in [6.45, 7) is 0. The molecule has 2 unspecified atom stereocenters. The Labute approximate surface area is 99.7 Å². The van der Waals surface area contributed by atoms with Gasteiger partial charge in [0.05, 0.1) is 7.11 Å². The van der Waals surface area contributed by atoms with Crippen molar-refractivity contribution in [2.45, 2.75) is 17.9 Å². The molecule has 86 valence electrons. The molecule has 1 saturated carbocycles. The zero-order valence-corrected chi connectivity index (χ0v) is 10.0. The Hall–Kier alpha value is -1.06. The SMILES string of the molecule is CNC1(C(=O)OC)CC1c1cccc(Cl)c1. The maximum Gasteiger partial charge on any atom is 0.326 e. The van der Waals surface area contributed by atoms with Gasteiger partial charge in [0.15, 0.2) is 0 Å². The molecule has 1 fully saturated rings. The number of benzene rings is 1. The van der Waals surface area contributed by atoms with Crippen LogP contribution in [0.25, 0.3) is 0 Å². The number of methoxy groups -OCH3 is 1. The number of ether oxygens (including phenoxy) is 1. The number of halogens is 1. The predicted molar refractivity (Wildman–Crippen MR) is 62.6 cm³/mol. The number of nitrogens with one attached hydrogen (secondary N) is 1. The van der Waals surface area contributed by atoms with Gasteiger partial charge in [0.1, 0.15) is 5.54 Å². The van der Waals surface area contributed by atoms with Crippen molar-refractivity contribution in [3.8, 4) is 0 Å². The van der Waals surface area contributed by atoms with Crippen molar-refractivity contribution >= 4 is 17.6 Å². The smallest absolute Gasteiger partial charge is 0.326 e. The molecule has 4 heteroatoms. The third-order valence-corrected chi connectivity index (χ3v) is 3.44. The number of hydrogen-bond donors (Lipinski definition) is 1. The fraction of sp³-hybridized carbons (Fsp3) is 0.417. The van der Waals surface area contributed by atoms with Crippen molar-refractivity contribution in [1.29, 1.82) is 0 Å². The molecule has 1 aliphatic rings. The fourth-order valence-corrected chi connectivity index (χ4v) is 2.37. The summed E-state index contributed by atoms with van der Waals surface area (Å²) < 4.78 is 4.82. The quantitative estimate of drug-likeness (QED) is 0.820. The first-order valence-electron chi connectivity index (χ1n) is 5.17. The van der Waals surface area contributed by atoms with E-state index in [4.69, 9.17) is 16.3 Å². The van der Waals surface area contributed by atoms with Crippen LogP contribution in [0.5, 0.6) is 0 Å². The van der Waals surface area contributed by atoms with Crippen LogP contribution in [0.1, 0.15) is 17.9 Å². The molecule has 2 atom stereocenters. The molecule has 1 aromatic carbocycles. The minimum Gasteiger partial charge on any atom is -0.468 e. The van der Waals surface area contributed by atoms with Gasteiger partial charge in [0.25, 0.3) is 0 Å². The zero-order chi connectivity index (χ0) is 11.8. The first-order chi connectivity index (χ1) is 7.64. The maximum absolute atomic E-state index is 11.7. The zero-order valence-electron chi connectivity index (χ0n) is 9.29. The molecule has 0 bridgehead atoms. The van der Waals surface area contributed by atoms with E-state index in [1.165, 1.54) is 7.11 Å². The summed E-state index contributed by atoms with van der Waals surface area (Å²) in [5, 5.41) is 3.75. The Balaban J connectivity index is 2.24. The van der Waals surface area contributed by atoms with Gasteiger partial charge in [-0.25, -0.2) is 0 Å². The third-order valence-electron chi connectivity index (χ3n) is 3.21. The topological polar surface area (TPSA) is 38.3 Å². The predicted octanol–water partition coefficient (Wildman–Crippen LogP) is 1.96. The van der Waals surface area contributed by atoms with E-state index in [9.17, 15) is 4.79 Å². The van der Waals surface area contributed by atoms with Crippen molar-refractivity contribution in [3.05, 3.63) is 34.9 Å². The van der Waals surface area contributed by atoms with E-state index in [2.05, 4.69) is 5.32 Å². The average Bonchev–Trinajstić information content (AvgIpc) is 3.04. The summed E-state index contributed by atoms with van der Waals surface area (Å²) in [5.74, 6) is -0.0522. The van der Waals surface area contributed by atoms with Gasteiger partial charge in [-0.05, 0) is 31.2 Å². The van der Waals surface area contributed by atoms with Crippen molar-refractivity contribution in [2.24, 2.45) is 0 Å². The Kier molecular flexibility index (Phi) is 2.91. The van der Waals surface area contributed by atoms with Gasteiger partial charge in [0.2, 0.25) is 0 Å². The molecule has 1 N–H and O–H groups in total. The van der Waals surface area contributed by atoms with Gasteiger partial charge in [-0.15, -0.1) is 0 Å². The molecule has 1 aromatic rings. The van der Waals surface area contributed by atoms with Crippen LogP contribution in [0.2, 0.25) is 5.02 Å². The lowest BCUT2D eigenvalue weighted by Crippen LogP contribution is -2.39. The molecule has 0 aromatic heterocycles. The maximum atomic E-state index is 11.7. The summed E-state index contributed by atoms with van der Waals surface area (Å²) in [5.41, 5.74) is 0.520. The first-order valence-corrected chi connectivity index (χ1v) is 5.54. The van der Waals surface area contributed by atoms with Crippen LogP contribution in [0.4, 0.5) is 0 Å². The molecule has 1 aliphatic carbocycles. The highest BCUT2D eigenvalue weighted by Gasteiger charge is 2.60. The molecule has 0 radical (unpaired) electrons. The van der Waals surface area contributed by atoms with Crippen molar-refractivity contribution in [3.63, 3.8) is 0 Å². The summed E-state index contributed by atoms with van der Waals surface area (Å²) in [7, 11) is 3.19. The second kappa shape index (κ2) is 4.07. The minimum absolute atomic E-state index is 0.156. The lowest BCUT2D eigenvalue weighted by atomic mass is 10.1. The molecule has 0 heterocycles. The van der Waals surface area contributed by atoms with E-state index in [1.54, 1.807) is 7.05 Å². The van der Waals surface area contributed by atoms with Crippen molar-refractivity contribution in [2.75, 3.05) is 14.2 Å². The van der Waals surface area contributed by atoms with Crippen LogP contribution in [0.15, 0.2) is 24.3 Å². The third kappa shape index (κ3) is 1.70. The molecular formula is C12H14ClNO2. The highest BCUT2D eigenvalue weighted by Crippen LogP contribution is 2.52. The van der Waals surface area contributed by atoms with E-state index < -0.39 is 5.54 Å². The Morgan fingerprint density at radius 1 is 1.62 bits per heavy atom. The largest absolute Gasteiger partial charge is 0.468 e. The van der Waals surface area contributed by atoms with Crippen LogP contribution in [-0.4, -0.2) is 25.7 Å². The monoisotopic (exact) mass is 239 g/mol. The fourth-order valence-electron chi connectivity index (χ4n) is 2.17. The van der Waals surface area contributed by atoms with Gasteiger partial charge in [-0.2, -0.15) is 0 Å². The lowest BCUT2D eigenvalue weighted by Gasteiger charge is -2.13. The van der Waals surface area contributed by atoms with E-state index >= 15 is 0 Å². The Morgan fingerprint density at radius 2 is 2.38 bits per heavy atom. The number of carbonyl (C=O) groups is 1. The van der Waals surface area contributed by atoms with E-state index in [1.807, 2.05) is 24.3 Å². The van der Waals surface area contributed by atoms with Crippen LogP contribution < -0.4 is 5.32 Å². The number of rotatable bonds is 3. The van der Waals surface area contributed by atoms with Gasteiger partial charge < -0.3 is 10.1 Å². The Morgan fingerprint density at radius 3 is 2.94 bits per heavy atom. The Bertz CT molecular complexity index is 421. The highest BCUT2D eigenvalue weighted by molar-refractivity contribution is 6.30. The molecule has 16 heavy (non-hydrogen) atoms. The van der Waals surface area contributed by atoms with E-state index in [-0.39, 0.29) is 11.9 Å². The summed E-state index contributed by atoms with van der Waals surface area (Å²) in [4.78, 5) is 11.7. The molecule has 0 amide bonds. The minimum atomic E-state index is -0.556. The van der Waals surface area contributed by atoms with Crippen LogP contribution in [0.3, 0.4) is 0 Å². The molecular weight excluding hydrogens is 226 g/mol. The second-order valence-electron chi connectivity index (χ2n) is 4.02. The van der Waals surface area contributed by atoms with Crippen LogP contribution in [0, 0.1) is 0 Å². The number of likely N-dealkylation sites (N-methyl/N-ethyl adjacent to an activating group) is 1. The summed E-state index contributed by atoms with van der Waals surface area (Å²) >= 11 is 5.93. The van der Waals surface area contributed by atoms with Gasteiger partial charge in [-0.1, -0.05) is 23.7 Å². The van der Waals surface area contributed by atoms with Gasteiger partial charge in [-0.3, -0.25) is 4.79 Å². The van der Waals surface area contributed by atoms with Crippen molar-refractivity contribution < 1.29 is 9.53 Å².